The second kappa shape index (κ2) is 7.09. The zero-order chi connectivity index (χ0) is 14.4. The van der Waals surface area contributed by atoms with Gasteiger partial charge in [0.25, 0.3) is 5.91 Å². The Balaban J connectivity index is 2.66. The summed E-state index contributed by atoms with van der Waals surface area (Å²) in [6.45, 7) is 5.52. The van der Waals surface area contributed by atoms with Crippen molar-refractivity contribution < 1.29 is 13.9 Å². The molecule has 1 aromatic rings. The van der Waals surface area contributed by atoms with Gasteiger partial charge in [-0.05, 0) is 26.3 Å². The van der Waals surface area contributed by atoms with Crippen LogP contribution in [0.15, 0.2) is 18.2 Å². The van der Waals surface area contributed by atoms with Crippen LogP contribution in [0.25, 0.3) is 0 Å². The van der Waals surface area contributed by atoms with Crippen LogP contribution < -0.4 is 15.8 Å². The largest absolute Gasteiger partial charge is 0.483 e. The maximum absolute atomic E-state index is 13.2. The van der Waals surface area contributed by atoms with Crippen LogP contribution in [-0.4, -0.2) is 18.6 Å². The topological polar surface area (TPSA) is 64.3 Å². The number of hydrogen-bond acceptors (Lipinski definition) is 3. The van der Waals surface area contributed by atoms with Gasteiger partial charge < -0.3 is 15.8 Å². The minimum absolute atomic E-state index is 0.0940. The highest BCUT2D eigenvalue weighted by molar-refractivity contribution is 5.77. The molecule has 2 atom stereocenters. The van der Waals surface area contributed by atoms with Crippen LogP contribution >= 0.6 is 0 Å². The summed E-state index contributed by atoms with van der Waals surface area (Å²) in [7, 11) is 0. The highest BCUT2D eigenvalue weighted by Crippen LogP contribution is 2.24. The Hall–Kier alpha value is -1.62. The second-order valence-corrected chi connectivity index (χ2v) is 4.64. The molecule has 0 aliphatic heterocycles. The van der Waals surface area contributed by atoms with E-state index >= 15 is 0 Å². The van der Waals surface area contributed by atoms with E-state index < -0.39 is 5.82 Å². The average Bonchev–Trinajstić information content (AvgIpc) is 2.35. The molecule has 4 nitrogen and oxygen atoms in total. The Bertz CT molecular complexity index is 435. The van der Waals surface area contributed by atoms with Crippen LogP contribution in [-0.2, 0) is 4.79 Å². The molecule has 3 N–H and O–H groups in total. The summed E-state index contributed by atoms with van der Waals surface area (Å²) in [5.41, 5.74) is 6.45. The first kappa shape index (κ1) is 15.4. The number of nitrogens with one attached hydrogen (secondary N) is 1. The van der Waals surface area contributed by atoms with Gasteiger partial charge in [0.1, 0.15) is 11.6 Å². The van der Waals surface area contributed by atoms with Crippen molar-refractivity contribution in [3.63, 3.8) is 0 Å². The molecule has 0 fully saturated rings. The quantitative estimate of drug-likeness (QED) is 0.830. The van der Waals surface area contributed by atoms with Gasteiger partial charge in [-0.15, -0.1) is 0 Å². The maximum atomic E-state index is 13.2. The van der Waals surface area contributed by atoms with Crippen LogP contribution in [0.2, 0.25) is 0 Å². The van der Waals surface area contributed by atoms with Gasteiger partial charge in [0.15, 0.2) is 6.61 Å². The fourth-order valence-electron chi connectivity index (χ4n) is 1.57. The summed E-state index contributed by atoms with van der Waals surface area (Å²) in [6.07, 6.45) is 0.844. The molecule has 0 aliphatic rings. The molecule has 1 amide bonds. The highest BCUT2D eigenvalue weighted by atomic mass is 19.1. The predicted molar refractivity (Wildman–Crippen MR) is 72.4 cm³/mol. The van der Waals surface area contributed by atoms with E-state index in [0.29, 0.717) is 11.3 Å². The third-order valence-corrected chi connectivity index (χ3v) is 2.84. The van der Waals surface area contributed by atoms with Crippen molar-refractivity contribution in [1.29, 1.82) is 0 Å². The molecule has 0 radical (unpaired) electrons. The predicted octanol–water partition coefficient (Wildman–Crippen LogP) is 2.14. The van der Waals surface area contributed by atoms with E-state index in [1.54, 1.807) is 13.0 Å². The smallest absolute Gasteiger partial charge is 0.258 e. The number of amides is 1. The van der Waals surface area contributed by atoms with Crippen LogP contribution in [0.1, 0.15) is 38.8 Å². The normalized spacial score (nSPS) is 13.7. The SMILES string of the molecule is CCC(C)NC(=O)COc1cc(F)ccc1C(C)N. The van der Waals surface area contributed by atoms with Crippen LogP contribution in [0.5, 0.6) is 5.75 Å². The molecule has 0 bridgehead atoms. The van der Waals surface area contributed by atoms with Crippen molar-refractivity contribution in [2.24, 2.45) is 5.73 Å². The van der Waals surface area contributed by atoms with E-state index in [-0.39, 0.29) is 24.6 Å². The Labute approximate surface area is 113 Å². The molecule has 1 rings (SSSR count). The lowest BCUT2D eigenvalue weighted by molar-refractivity contribution is -0.123. The molecular formula is C14H21FN2O2. The lowest BCUT2D eigenvalue weighted by Crippen LogP contribution is -2.35. The summed E-state index contributed by atoms with van der Waals surface area (Å²) in [4.78, 5) is 11.6. The van der Waals surface area contributed by atoms with Gasteiger partial charge in [-0.2, -0.15) is 0 Å². The Morgan fingerprint density at radius 2 is 2.16 bits per heavy atom. The van der Waals surface area contributed by atoms with E-state index in [2.05, 4.69) is 5.32 Å². The number of rotatable bonds is 6. The average molecular weight is 268 g/mol. The van der Waals surface area contributed by atoms with Crippen molar-refractivity contribution in [2.45, 2.75) is 39.3 Å². The standard InChI is InChI=1S/C14H21FN2O2/c1-4-9(2)17-14(18)8-19-13-7-11(15)5-6-12(13)10(3)16/h5-7,9-10H,4,8,16H2,1-3H3,(H,17,18). The summed E-state index contributed by atoms with van der Waals surface area (Å²) >= 11 is 0. The van der Waals surface area contributed by atoms with Gasteiger partial charge in [-0.25, -0.2) is 4.39 Å². The third-order valence-electron chi connectivity index (χ3n) is 2.84. The van der Waals surface area contributed by atoms with Crippen LogP contribution in [0.4, 0.5) is 4.39 Å². The molecule has 19 heavy (non-hydrogen) atoms. The number of ether oxygens (including phenoxy) is 1. The van der Waals surface area contributed by atoms with Crippen molar-refractivity contribution in [1.82, 2.24) is 5.32 Å². The maximum Gasteiger partial charge on any atom is 0.258 e. The molecule has 2 unspecified atom stereocenters. The molecule has 0 aliphatic carbocycles. The van der Waals surface area contributed by atoms with Crippen molar-refractivity contribution in [3.05, 3.63) is 29.6 Å². The highest BCUT2D eigenvalue weighted by Gasteiger charge is 2.12. The Kier molecular flexibility index (Phi) is 5.76. The second-order valence-electron chi connectivity index (χ2n) is 4.64. The van der Waals surface area contributed by atoms with Gasteiger partial charge in [0.2, 0.25) is 0 Å². The number of carbonyl (C=O) groups is 1. The van der Waals surface area contributed by atoms with Gasteiger partial charge in [0, 0.05) is 23.7 Å². The van der Waals surface area contributed by atoms with E-state index in [0.717, 1.165) is 6.42 Å². The number of benzene rings is 1. The van der Waals surface area contributed by atoms with E-state index in [1.807, 2.05) is 13.8 Å². The molecule has 106 valence electrons. The molecular weight excluding hydrogens is 247 g/mol. The summed E-state index contributed by atoms with van der Waals surface area (Å²) in [5.74, 6) is -0.328. The molecule has 0 heterocycles. The molecule has 0 saturated carbocycles. The number of carbonyl (C=O) groups excluding carboxylic acids is 1. The first-order chi connectivity index (χ1) is 8.93. The van der Waals surface area contributed by atoms with E-state index in [4.69, 9.17) is 10.5 Å². The van der Waals surface area contributed by atoms with Crippen molar-refractivity contribution in [2.75, 3.05) is 6.61 Å². The number of hydrogen-bond donors (Lipinski definition) is 2. The zero-order valence-corrected chi connectivity index (χ0v) is 11.6. The van der Waals surface area contributed by atoms with Crippen molar-refractivity contribution >= 4 is 5.91 Å². The Morgan fingerprint density at radius 3 is 2.74 bits per heavy atom. The number of halogens is 1. The molecule has 5 heteroatoms. The third kappa shape index (κ3) is 4.87. The van der Waals surface area contributed by atoms with Gasteiger partial charge >= 0.3 is 0 Å². The van der Waals surface area contributed by atoms with Gasteiger partial charge in [0.05, 0.1) is 0 Å². The monoisotopic (exact) mass is 268 g/mol. The first-order valence-corrected chi connectivity index (χ1v) is 6.41. The summed E-state index contributed by atoms with van der Waals surface area (Å²) in [5, 5.41) is 2.77. The van der Waals surface area contributed by atoms with Crippen molar-refractivity contribution in [3.8, 4) is 5.75 Å². The zero-order valence-electron chi connectivity index (χ0n) is 11.6. The fourth-order valence-corrected chi connectivity index (χ4v) is 1.57. The first-order valence-electron chi connectivity index (χ1n) is 6.41. The Morgan fingerprint density at radius 1 is 1.47 bits per heavy atom. The van der Waals surface area contributed by atoms with Gasteiger partial charge in [-0.3, -0.25) is 4.79 Å². The minimum Gasteiger partial charge on any atom is -0.483 e. The minimum atomic E-state index is -0.415. The van der Waals surface area contributed by atoms with E-state index in [1.165, 1.54) is 12.1 Å². The lowest BCUT2D eigenvalue weighted by Gasteiger charge is -2.15. The summed E-state index contributed by atoms with van der Waals surface area (Å²) in [6, 6.07) is 3.95. The summed E-state index contributed by atoms with van der Waals surface area (Å²) < 4.78 is 18.5. The fraction of sp³-hybridized carbons (Fsp3) is 0.500. The van der Waals surface area contributed by atoms with Crippen LogP contribution in [0.3, 0.4) is 0 Å². The van der Waals surface area contributed by atoms with Gasteiger partial charge in [-0.1, -0.05) is 13.0 Å². The van der Waals surface area contributed by atoms with Crippen LogP contribution in [0, 0.1) is 5.82 Å². The van der Waals surface area contributed by atoms with E-state index in [9.17, 15) is 9.18 Å². The molecule has 0 spiro atoms. The number of nitrogens with two attached hydrogens (primary N) is 1. The molecule has 0 aromatic heterocycles. The molecule has 1 aromatic carbocycles. The molecule has 0 saturated heterocycles. The lowest BCUT2D eigenvalue weighted by atomic mass is 10.1.